The van der Waals surface area contributed by atoms with E-state index in [1.54, 1.807) is 41.3 Å². The van der Waals surface area contributed by atoms with Crippen LogP contribution >= 0.6 is 27.7 Å². The van der Waals surface area contributed by atoms with Gasteiger partial charge in [0.2, 0.25) is 11.1 Å². The van der Waals surface area contributed by atoms with Gasteiger partial charge in [0.1, 0.15) is 0 Å². The molecule has 0 radical (unpaired) electrons. The quantitative estimate of drug-likeness (QED) is 0.212. The van der Waals surface area contributed by atoms with E-state index in [-0.39, 0.29) is 22.9 Å². The van der Waals surface area contributed by atoms with Gasteiger partial charge in [0.15, 0.2) is 11.5 Å². The molecule has 1 N–H and O–H groups in total. The number of amides is 1. The Morgan fingerprint density at radius 2 is 1.97 bits per heavy atom. The fourth-order valence-corrected chi connectivity index (χ4v) is 5.13. The van der Waals surface area contributed by atoms with Crippen molar-refractivity contribution in [1.29, 1.82) is 0 Å². The SMILES string of the molecule is CCOc1cc(Br)cc([C@H]2N(C(C)=O)c3ccccc3-c3c(=O)[nH]c(SCC)n[n+]32)c1OC(C)=O. The van der Waals surface area contributed by atoms with Crippen LogP contribution in [0.15, 0.2) is 50.8 Å². The lowest BCUT2D eigenvalue weighted by Gasteiger charge is -2.32. The molecule has 35 heavy (non-hydrogen) atoms. The third-order valence-electron chi connectivity index (χ3n) is 5.25. The van der Waals surface area contributed by atoms with Crippen molar-refractivity contribution in [3.8, 4) is 22.8 Å². The molecule has 1 aliphatic rings. The van der Waals surface area contributed by atoms with E-state index in [2.05, 4.69) is 20.9 Å². The Hall–Kier alpha value is -3.18. The Morgan fingerprint density at radius 3 is 2.63 bits per heavy atom. The number of rotatable bonds is 6. The number of esters is 1. The zero-order valence-electron chi connectivity index (χ0n) is 19.6. The molecule has 0 saturated carbocycles. The van der Waals surface area contributed by atoms with E-state index in [0.29, 0.717) is 44.6 Å². The molecular weight excluding hydrogens is 536 g/mol. The smallest absolute Gasteiger partial charge is 0.325 e. The number of carbonyl (C=O) groups is 2. The van der Waals surface area contributed by atoms with Crippen LogP contribution in [0.2, 0.25) is 0 Å². The fraction of sp³-hybridized carbons (Fsp3) is 0.292. The molecule has 1 aromatic heterocycles. The van der Waals surface area contributed by atoms with Gasteiger partial charge in [-0.1, -0.05) is 46.7 Å². The van der Waals surface area contributed by atoms with Gasteiger partial charge in [-0.3, -0.25) is 19.4 Å². The maximum atomic E-state index is 13.3. The summed E-state index contributed by atoms with van der Waals surface area (Å²) in [4.78, 5) is 42.9. The van der Waals surface area contributed by atoms with Gasteiger partial charge in [0.05, 0.1) is 23.4 Å². The number of nitrogens with one attached hydrogen (secondary N) is 1. The number of hydrogen-bond donors (Lipinski definition) is 1. The lowest BCUT2D eigenvalue weighted by molar-refractivity contribution is -0.763. The molecule has 0 aliphatic carbocycles. The first kappa shape index (κ1) is 24.9. The summed E-state index contributed by atoms with van der Waals surface area (Å²) < 4.78 is 13.6. The van der Waals surface area contributed by atoms with E-state index in [0.717, 1.165) is 0 Å². The lowest BCUT2D eigenvalue weighted by atomic mass is 10.0. The molecule has 182 valence electrons. The number of hydrogen-bond acceptors (Lipinski definition) is 7. The molecule has 0 saturated heterocycles. The van der Waals surface area contributed by atoms with E-state index in [4.69, 9.17) is 14.6 Å². The fourth-order valence-electron chi connectivity index (χ4n) is 4.09. The number of fused-ring (bicyclic) bond motifs is 3. The minimum atomic E-state index is -0.929. The molecule has 11 heteroatoms. The average molecular weight is 560 g/mol. The second-order valence-corrected chi connectivity index (χ2v) is 9.78. The van der Waals surface area contributed by atoms with Gasteiger partial charge in [0.25, 0.3) is 6.17 Å². The van der Waals surface area contributed by atoms with Crippen LogP contribution in [0.5, 0.6) is 11.5 Å². The Morgan fingerprint density at radius 1 is 1.23 bits per heavy atom. The number of benzene rings is 2. The molecule has 0 fully saturated rings. The summed E-state index contributed by atoms with van der Waals surface area (Å²) in [6.07, 6.45) is -0.929. The van der Waals surface area contributed by atoms with E-state index in [9.17, 15) is 14.4 Å². The van der Waals surface area contributed by atoms with Crippen molar-refractivity contribution < 1.29 is 23.7 Å². The summed E-state index contributed by atoms with van der Waals surface area (Å²) in [7, 11) is 0. The van der Waals surface area contributed by atoms with Crippen molar-refractivity contribution in [3.63, 3.8) is 0 Å². The first-order valence-corrected chi connectivity index (χ1v) is 12.8. The molecule has 2 heterocycles. The highest BCUT2D eigenvalue weighted by Crippen LogP contribution is 2.44. The maximum Gasteiger partial charge on any atom is 0.325 e. The largest absolute Gasteiger partial charge is 0.490 e. The average Bonchev–Trinajstić information content (AvgIpc) is 2.79. The van der Waals surface area contributed by atoms with Crippen molar-refractivity contribution in [1.82, 2.24) is 10.1 Å². The number of nitrogens with zero attached hydrogens (tertiary/aromatic N) is 3. The van der Waals surface area contributed by atoms with Crippen LogP contribution in [0.1, 0.15) is 39.4 Å². The molecule has 0 bridgehead atoms. The minimum absolute atomic E-state index is 0.156. The number of thioether (sulfide) groups is 1. The number of carbonyl (C=O) groups excluding carboxylic acids is 2. The third kappa shape index (κ3) is 4.70. The summed E-state index contributed by atoms with van der Waals surface area (Å²) >= 11 is 4.88. The highest BCUT2D eigenvalue weighted by Gasteiger charge is 2.47. The molecule has 9 nitrogen and oxygen atoms in total. The van der Waals surface area contributed by atoms with Crippen molar-refractivity contribution >= 4 is 45.3 Å². The van der Waals surface area contributed by atoms with Crippen molar-refractivity contribution in [3.05, 3.63) is 56.8 Å². The number of aromatic nitrogens is 3. The van der Waals surface area contributed by atoms with Crippen LogP contribution in [-0.4, -0.2) is 34.3 Å². The van der Waals surface area contributed by atoms with Crippen LogP contribution in [-0.2, 0) is 9.59 Å². The first-order chi connectivity index (χ1) is 16.8. The summed E-state index contributed by atoms with van der Waals surface area (Å²) in [6.45, 7) is 6.83. The molecule has 1 amide bonds. The highest BCUT2D eigenvalue weighted by molar-refractivity contribution is 9.10. The Bertz CT molecular complexity index is 1380. The van der Waals surface area contributed by atoms with Gasteiger partial charge in [-0.25, -0.2) is 4.90 Å². The van der Waals surface area contributed by atoms with E-state index >= 15 is 0 Å². The maximum absolute atomic E-state index is 13.3. The van der Waals surface area contributed by atoms with Gasteiger partial charge >= 0.3 is 17.2 Å². The van der Waals surface area contributed by atoms with Crippen molar-refractivity contribution in [2.24, 2.45) is 0 Å². The van der Waals surface area contributed by atoms with Crippen LogP contribution in [0, 0.1) is 0 Å². The first-order valence-electron chi connectivity index (χ1n) is 11.0. The number of aromatic amines is 1. The minimum Gasteiger partial charge on any atom is -0.490 e. The van der Waals surface area contributed by atoms with Crippen LogP contribution < -0.4 is 24.6 Å². The standard InChI is InChI=1S/C24H23BrN4O5S/c1-5-33-19-12-15(25)11-17(21(19)34-14(4)31)23-28(13(3)30)18-10-8-7-9-16(18)20-22(32)26-24(35-6-2)27-29(20)23/h7-12,23H,5-6H2,1-4H3/p+1/t23-/m0/s1. The monoisotopic (exact) mass is 559 g/mol. The second-order valence-electron chi connectivity index (χ2n) is 7.61. The van der Waals surface area contributed by atoms with Crippen molar-refractivity contribution in [2.75, 3.05) is 17.3 Å². The highest BCUT2D eigenvalue weighted by atomic mass is 79.9. The normalized spacial score (nSPS) is 14.2. The molecule has 2 aromatic carbocycles. The number of H-pyrrole nitrogens is 1. The van der Waals surface area contributed by atoms with Gasteiger partial charge < -0.3 is 9.47 Å². The lowest BCUT2D eigenvalue weighted by Crippen LogP contribution is -2.60. The van der Waals surface area contributed by atoms with Gasteiger partial charge in [-0.2, -0.15) is 0 Å². The summed E-state index contributed by atoms with van der Waals surface area (Å²) in [5.74, 6) is 0.336. The topological polar surface area (TPSA) is 105 Å². The third-order valence-corrected chi connectivity index (χ3v) is 6.45. The summed E-state index contributed by atoms with van der Waals surface area (Å²) in [6, 6.07) is 10.6. The summed E-state index contributed by atoms with van der Waals surface area (Å²) in [5, 5.41) is 5.12. The van der Waals surface area contributed by atoms with E-state index in [1.165, 1.54) is 30.3 Å². The van der Waals surface area contributed by atoms with Crippen LogP contribution in [0.3, 0.4) is 0 Å². The number of ether oxygens (including phenoxy) is 2. The van der Waals surface area contributed by atoms with Gasteiger partial charge in [-0.15, -0.1) is 0 Å². The molecule has 3 aromatic rings. The predicted octanol–water partition coefficient (Wildman–Crippen LogP) is 3.84. The van der Waals surface area contributed by atoms with E-state index < -0.39 is 12.1 Å². The number of anilines is 1. The summed E-state index contributed by atoms with van der Waals surface area (Å²) in [5.41, 5.74) is 1.48. The molecule has 0 spiro atoms. The molecule has 0 unspecified atom stereocenters. The molecule has 1 aliphatic heterocycles. The zero-order chi connectivity index (χ0) is 25.3. The van der Waals surface area contributed by atoms with Crippen molar-refractivity contribution in [2.45, 2.75) is 39.0 Å². The molecule has 4 rings (SSSR count). The van der Waals surface area contributed by atoms with Crippen LogP contribution in [0.25, 0.3) is 11.3 Å². The van der Waals surface area contributed by atoms with Gasteiger partial charge in [0, 0.05) is 23.4 Å². The zero-order valence-corrected chi connectivity index (χ0v) is 22.0. The molecular formula is C24H24BrN4O5S+. The Balaban J connectivity index is 2.12. The number of halogens is 1. The van der Waals surface area contributed by atoms with E-state index in [1.807, 2.05) is 13.8 Å². The molecule has 1 atom stereocenters. The number of para-hydroxylation sites is 1. The predicted molar refractivity (Wildman–Crippen MR) is 135 cm³/mol. The second kappa shape index (κ2) is 10.2. The van der Waals surface area contributed by atoms with Gasteiger partial charge in [-0.05, 0) is 41.6 Å². The Labute approximate surface area is 214 Å². The Kier molecular flexibility index (Phi) is 7.27. The van der Waals surface area contributed by atoms with Crippen LogP contribution in [0.4, 0.5) is 5.69 Å².